The Morgan fingerprint density at radius 1 is 0.933 bits per heavy atom. The maximum atomic E-state index is 4.42. The van der Waals surface area contributed by atoms with Crippen molar-refractivity contribution in [3.8, 4) is 11.3 Å². The maximum absolute atomic E-state index is 4.42. The molecule has 76 valence electrons. The quantitative estimate of drug-likeness (QED) is 0.532. The fourth-order valence-electron chi connectivity index (χ4n) is 1.35. The van der Waals surface area contributed by atoms with Crippen LogP contribution in [0.4, 0.5) is 5.69 Å². The van der Waals surface area contributed by atoms with E-state index in [1.54, 1.807) is 0 Å². The summed E-state index contributed by atoms with van der Waals surface area (Å²) < 4.78 is 2.02. The summed E-state index contributed by atoms with van der Waals surface area (Å²) in [5, 5.41) is 0. The lowest BCUT2D eigenvalue weighted by atomic mass is 10.1. The molecule has 1 heterocycles. The molecule has 2 nitrogen and oxygen atoms in total. The minimum Gasteiger partial charge on any atom is -0.254 e. The number of anilines is 1. The van der Waals surface area contributed by atoms with E-state index in [-0.39, 0.29) is 0 Å². The van der Waals surface area contributed by atoms with Crippen LogP contribution < -0.4 is 1.33 Å². The molecule has 0 saturated heterocycles. The van der Waals surface area contributed by atoms with E-state index in [2.05, 4.69) is 68.9 Å². The van der Waals surface area contributed by atoms with Crippen molar-refractivity contribution in [2.75, 3.05) is 1.33 Å². The van der Waals surface area contributed by atoms with Crippen LogP contribution in [0.25, 0.3) is 11.3 Å². The minimum atomic E-state index is 1.02. The Morgan fingerprint density at radius 3 is 2.33 bits per heavy atom. The average molecular weight is 422 g/mol. The van der Waals surface area contributed by atoms with Crippen molar-refractivity contribution in [2.24, 2.45) is 0 Å². The molecular weight excluding hydrogens is 414 g/mol. The van der Waals surface area contributed by atoms with Crippen LogP contribution in [0.3, 0.4) is 0 Å². The first kappa shape index (κ1) is 11.1. The van der Waals surface area contributed by atoms with Gasteiger partial charge in [-0.2, -0.15) is 0 Å². The van der Waals surface area contributed by atoms with E-state index in [1.165, 1.54) is 0 Å². The molecule has 4 heteroatoms. The molecule has 2 aromatic rings. The number of hydrogen-bond donors (Lipinski definition) is 0. The second kappa shape index (κ2) is 5.11. The molecule has 0 saturated carbocycles. The largest absolute Gasteiger partial charge is 0.254 e. The SMILES string of the molecule is IN(I)c1cccnc1-c1ccccc1. The zero-order chi connectivity index (χ0) is 10.7. The van der Waals surface area contributed by atoms with Gasteiger partial charge in [0.15, 0.2) is 0 Å². The molecule has 0 radical (unpaired) electrons. The molecule has 0 unspecified atom stereocenters. The van der Waals surface area contributed by atoms with E-state index < -0.39 is 0 Å². The fraction of sp³-hybridized carbons (Fsp3) is 0. The van der Waals surface area contributed by atoms with Crippen LogP contribution >= 0.6 is 45.7 Å². The minimum absolute atomic E-state index is 1.02. The van der Waals surface area contributed by atoms with Crippen LogP contribution in [0.1, 0.15) is 0 Å². The van der Waals surface area contributed by atoms with Crippen molar-refractivity contribution in [1.82, 2.24) is 4.98 Å². The van der Waals surface area contributed by atoms with E-state index >= 15 is 0 Å². The van der Waals surface area contributed by atoms with Crippen LogP contribution in [0.2, 0.25) is 0 Å². The van der Waals surface area contributed by atoms with Gasteiger partial charge in [0, 0.05) is 11.8 Å². The van der Waals surface area contributed by atoms with Gasteiger partial charge >= 0.3 is 0 Å². The lowest BCUT2D eigenvalue weighted by molar-refractivity contribution is 1.32. The predicted molar refractivity (Wildman–Crippen MR) is 80.2 cm³/mol. The summed E-state index contributed by atoms with van der Waals surface area (Å²) in [6, 6.07) is 14.2. The number of benzene rings is 1. The van der Waals surface area contributed by atoms with Crippen LogP contribution in [0.15, 0.2) is 48.7 Å². The first-order chi connectivity index (χ1) is 7.29. The van der Waals surface area contributed by atoms with Crippen molar-refractivity contribution >= 4 is 51.4 Å². The smallest absolute Gasteiger partial charge is 0.0950 e. The van der Waals surface area contributed by atoms with Gasteiger partial charge in [0.05, 0.1) is 57.1 Å². The second-order valence-corrected chi connectivity index (χ2v) is 6.75. The van der Waals surface area contributed by atoms with Crippen molar-refractivity contribution < 1.29 is 0 Å². The molecule has 0 aliphatic heterocycles. The molecule has 0 bridgehead atoms. The number of halogens is 2. The summed E-state index contributed by atoms with van der Waals surface area (Å²) in [5.74, 6) is 0. The Morgan fingerprint density at radius 2 is 1.67 bits per heavy atom. The molecule has 2 rings (SSSR count). The summed E-state index contributed by atoms with van der Waals surface area (Å²) in [5.41, 5.74) is 3.28. The van der Waals surface area contributed by atoms with E-state index in [0.29, 0.717) is 0 Å². The lowest BCUT2D eigenvalue weighted by Crippen LogP contribution is -1.95. The van der Waals surface area contributed by atoms with Gasteiger partial charge in [-0.3, -0.25) is 6.31 Å². The number of hydrogen-bond acceptors (Lipinski definition) is 2. The third kappa shape index (κ3) is 2.60. The third-order valence-corrected chi connectivity index (χ3v) is 3.06. The molecule has 15 heavy (non-hydrogen) atoms. The first-order valence-corrected chi connectivity index (χ1v) is 6.34. The lowest BCUT2D eigenvalue weighted by Gasteiger charge is -2.11. The van der Waals surface area contributed by atoms with Gasteiger partial charge in [-0.25, -0.2) is 0 Å². The molecule has 0 N–H and O–H groups in total. The maximum Gasteiger partial charge on any atom is 0.0950 e. The fourth-order valence-corrected chi connectivity index (χ4v) is 2.13. The Bertz CT molecular complexity index is 443. The average Bonchev–Trinajstić information content (AvgIpc) is 2.30. The Balaban J connectivity index is 2.53. The van der Waals surface area contributed by atoms with Gasteiger partial charge in [0.25, 0.3) is 0 Å². The van der Waals surface area contributed by atoms with E-state index in [1.807, 2.05) is 31.8 Å². The highest BCUT2D eigenvalue weighted by Gasteiger charge is 2.08. The van der Waals surface area contributed by atoms with Crippen molar-refractivity contribution in [1.29, 1.82) is 0 Å². The van der Waals surface area contributed by atoms with Crippen LogP contribution in [-0.4, -0.2) is 4.98 Å². The van der Waals surface area contributed by atoms with Crippen LogP contribution in [-0.2, 0) is 0 Å². The summed E-state index contributed by atoms with van der Waals surface area (Å²) in [7, 11) is 0. The van der Waals surface area contributed by atoms with Gasteiger partial charge in [-0.05, 0) is 12.1 Å². The van der Waals surface area contributed by atoms with Gasteiger partial charge in [0.1, 0.15) is 0 Å². The highest BCUT2D eigenvalue weighted by molar-refractivity contribution is 14.2. The highest BCUT2D eigenvalue weighted by Crippen LogP contribution is 2.32. The first-order valence-electron chi connectivity index (χ1n) is 4.41. The van der Waals surface area contributed by atoms with Crippen LogP contribution in [0.5, 0.6) is 0 Å². The monoisotopic (exact) mass is 422 g/mol. The van der Waals surface area contributed by atoms with E-state index in [4.69, 9.17) is 0 Å². The van der Waals surface area contributed by atoms with E-state index in [9.17, 15) is 0 Å². The van der Waals surface area contributed by atoms with Crippen LogP contribution in [0, 0.1) is 0 Å². The Hall–Kier alpha value is -0.370. The molecule has 0 atom stereocenters. The summed E-state index contributed by atoms with van der Waals surface area (Å²) in [4.78, 5) is 4.42. The molecule has 0 amide bonds. The molecule has 0 spiro atoms. The zero-order valence-electron chi connectivity index (χ0n) is 7.77. The highest BCUT2D eigenvalue weighted by atomic mass is 127. The Kier molecular flexibility index (Phi) is 3.79. The Labute approximate surface area is 117 Å². The van der Waals surface area contributed by atoms with E-state index in [0.717, 1.165) is 16.9 Å². The summed E-state index contributed by atoms with van der Waals surface area (Å²) in [6.07, 6.45) is 1.82. The molecule has 0 aliphatic rings. The molecule has 0 fully saturated rings. The molecule has 1 aromatic heterocycles. The van der Waals surface area contributed by atoms with Crippen molar-refractivity contribution in [3.05, 3.63) is 48.7 Å². The van der Waals surface area contributed by atoms with Crippen molar-refractivity contribution in [2.45, 2.75) is 0 Å². The molecule has 0 aliphatic carbocycles. The predicted octanol–water partition coefficient (Wildman–Crippen LogP) is 4.26. The van der Waals surface area contributed by atoms with Gasteiger partial charge < -0.3 is 0 Å². The zero-order valence-corrected chi connectivity index (χ0v) is 12.1. The van der Waals surface area contributed by atoms with Gasteiger partial charge in [0.2, 0.25) is 0 Å². The number of nitrogens with zero attached hydrogens (tertiary/aromatic N) is 2. The van der Waals surface area contributed by atoms with Gasteiger partial charge in [-0.1, -0.05) is 30.3 Å². The third-order valence-electron chi connectivity index (χ3n) is 2.02. The van der Waals surface area contributed by atoms with Gasteiger partial charge in [-0.15, -0.1) is 0 Å². The topological polar surface area (TPSA) is 16.1 Å². The summed E-state index contributed by atoms with van der Waals surface area (Å²) >= 11 is 4.48. The number of aromatic nitrogens is 1. The number of rotatable bonds is 2. The molecule has 1 aromatic carbocycles. The molecular formula is C11H8I2N2. The van der Waals surface area contributed by atoms with Crippen molar-refractivity contribution in [3.63, 3.8) is 0 Å². The standard InChI is InChI=1S/C11H8I2N2/c12-15(13)10-7-4-8-14-11(10)9-5-2-1-3-6-9/h1-8H. The normalized spacial score (nSPS) is 10.0. The second-order valence-electron chi connectivity index (χ2n) is 2.97. The number of pyridine rings is 1. The summed E-state index contributed by atoms with van der Waals surface area (Å²) in [6.45, 7) is 0.